The molecule has 2 heterocycles. The van der Waals surface area contributed by atoms with Gasteiger partial charge >= 0.3 is 5.97 Å². The molecule has 27 heavy (non-hydrogen) atoms. The molecular formula is C18H16ClN3O5. The first-order valence-electron chi connectivity index (χ1n) is 7.99. The lowest BCUT2D eigenvalue weighted by Gasteiger charge is -2.18. The molecule has 1 aromatic heterocycles. The average Bonchev–Trinajstić information content (AvgIpc) is 2.89. The molecule has 1 aliphatic heterocycles. The maximum atomic E-state index is 12.2. The molecule has 3 rings (SSSR count). The van der Waals surface area contributed by atoms with Crippen LogP contribution in [0.4, 0.5) is 5.69 Å². The predicted molar refractivity (Wildman–Crippen MR) is 97.8 cm³/mol. The first-order chi connectivity index (χ1) is 12.8. The summed E-state index contributed by atoms with van der Waals surface area (Å²) < 4.78 is 11.7. The van der Waals surface area contributed by atoms with Crippen molar-refractivity contribution in [2.24, 2.45) is 7.05 Å². The van der Waals surface area contributed by atoms with Crippen molar-refractivity contribution in [3.05, 3.63) is 46.2 Å². The molecule has 140 valence electrons. The van der Waals surface area contributed by atoms with Crippen LogP contribution in [0.2, 0.25) is 5.15 Å². The van der Waals surface area contributed by atoms with Gasteiger partial charge in [-0.1, -0.05) is 11.6 Å². The molecular weight excluding hydrogens is 374 g/mol. The van der Waals surface area contributed by atoms with Crippen LogP contribution in [0.5, 0.6) is 5.75 Å². The number of ketones is 1. The molecule has 0 saturated heterocycles. The third kappa shape index (κ3) is 4.17. The Kier molecular flexibility index (Phi) is 5.27. The van der Waals surface area contributed by atoms with Crippen LogP contribution in [0.1, 0.15) is 21.6 Å². The second-order valence-corrected chi connectivity index (χ2v) is 6.18. The number of Topliss-reactive ketones (excluding diaryl/α,β-unsaturated/α-hetero) is 1. The van der Waals surface area contributed by atoms with E-state index >= 15 is 0 Å². The molecule has 0 aliphatic carbocycles. The van der Waals surface area contributed by atoms with E-state index < -0.39 is 18.4 Å². The maximum absolute atomic E-state index is 12.2. The van der Waals surface area contributed by atoms with Crippen LogP contribution in [0.25, 0.3) is 6.08 Å². The Balaban J connectivity index is 1.60. The fourth-order valence-corrected chi connectivity index (χ4v) is 2.75. The van der Waals surface area contributed by atoms with E-state index in [1.54, 1.807) is 26.1 Å². The molecule has 1 N–H and O–H groups in total. The number of hydrogen-bond acceptors (Lipinski definition) is 6. The zero-order valence-electron chi connectivity index (χ0n) is 14.6. The van der Waals surface area contributed by atoms with E-state index in [0.29, 0.717) is 33.4 Å². The van der Waals surface area contributed by atoms with Gasteiger partial charge < -0.3 is 14.8 Å². The first-order valence-corrected chi connectivity index (χ1v) is 8.37. The molecule has 0 spiro atoms. The number of aryl methyl sites for hydroxylation is 2. The lowest BCUT2D eigenvalue weighted by atomic mass is 10.1. The van der Waals surface area contributed by atoms with Gasteiger partial charge in [0.15, 0.2) is 19.0 Å². The third-order valence-electron chi connectivity index (χ3n) is 3.86. The SMILES string of the molecule is Cc1nn(C)c(Cl)c1/C=C/C(=O)OCC(=O)c1ccc2c(c1)NC(=O)CO2. The standard InChI is InChI=1S/C18H16ClN3O5/c1-10-12(18(19)22(2)21-10)4-6-17(25)27-8-14(23)11-3-5-15-13(7-11)20-16(24)9-26-15/h3-7H,8-9H2,1-2H3,(H,20,24)/b6-4+. The van der Waals surface area contributed by atoms with Crippen LogP contribution in [-0.2, 0) is 21.4 Å². The minimum Gasteiger partial charge on any atom is -0.482 e. The quantitative estimate of drug-likeness (QED) is 0.478. The summed E-state index contributed by atoms with van der Waals surface area (Å²) in [5, 5.41) is 7.14. The van der Waals surface area contributed by atoms with Gasteiger partial charge in [0.25, 0.3) is 5.91 Å². The molecule has 1 amide bonds. The first kappa shape index (κ1) is 18.7. The number of hydrogen-bond donors (Lipinski definition) is 1. The van der Waals surface area contributed by atoms with Gasteiger partial charge in [0.1, 0.15) is 10.9 Å². The summed E-state index contributed by atoms with van der Waals surface area (Å²) in [6.45, 7) is 1.26. The molecule has 0 atom stereocenters. The smallest absolute Gasteiger partial charge is 0.331 e. The Hall–Kier alpha value is -3.13. The molecule has 2 aromatic rings. The number of fused-ring (bicyclic) bond motifs is 1. The van der Waals surface area contributed by atoms with Crippen LogP contribution < -0.4 is 10.1 Å². The van der Waals surface area contributed by atoms with Crippen LogP contribution in [0.15, 0.2) is 24.3 Å². The number of nitrogens with one attached hydrogen (secondary N) is 1. The van der Waals surface area contributed by atoms with Crippen LogP contribution in [0, 0.1) is 6.92 Å². The number of ether oxygens (including phenoxy) is 2. The van der Waals surface area contributed by atoms with Crippen molar-refractivity contribution in [3.8, 4) is 5.75 Å². The van der Waals surface area contributed by atoms with Crippen LogP contribution >= 0.6 is 11.6 Å². The van der Waals surface area contributed by atoms with Gasteiger partial charge in [0.05, 0.1) is 11.4 Å². The number of halogens is 1. The van der Waals surface area contributed by atoms with Crippen molar-refractivity contribution in [1.29, 1.82) is 0 Å². The zero-order chi connectivity index (χ0) is 19.6. The van der Waals surface area contributed by atoms with Crippen molar-refractivity contribution in [2.45, 2.75) is 6.92 Å². The predicted octanol–water partition coefficient (Wildman–Crippen LogP) is 2.15. The highest BCUT2D eigenvalue weighted by Crippen LogP contribution is 2.28. The number of aromatic nitrogens is 2. The molecule has 0 radical (unpaired) electrons. The molecule has 0 saturated carbocycles. The third-order valence-corrected chi connectivity index (χ3v) is 4.31. The van der Waals surface area contributed by atoms with Gasteiger partial charge in [0, 0.05) is 24.3 Å². The Morgan fingerprint density at radius 3 is 2.93 bits per heavy atom. The van der Waals surface area contributed by atoms with E-state index in [1.807, 2.05) is 0 Å². The highest BCUT2D eigenvalue weighted by atomic mass is 35.5. The van der Waals surface area contributed by atoms with Crippen molar-refractivity contribution in [1.82, 2.24) is 9.78 Å². The number of carbonyl (C=O) groups excluding carboxylic acids is 3. The van der Waals surface area contributed by atoms with Gasteiger partial charge in [-0.15, -0.1) is 0 Å². The summed E-state index contributed by atoms with van der Waals surface area (Å²) in [5.41, 5.74) is 1.97. The lowest BCUT2D eigenvalue weighted by molar-refractivity contribution is -0.136. The molecule has 0 bridgehead atoms. The highest BCUT2D eigenvalue weighted by molar-refractivity contribution is 6.31. The van der Waals surface area contributed by atoms with E-state index in [4.69, 9.17) is 21.1 Å². The van der Waals surface area contributed by atoms with Gasteiger partial charge in [-0.05, 0) is 31.2 Å². The number of carbonyl (C=O) groups is 3. The number of anilines is 1. The second-order valence-electron chi connectivity index (χ2n) is 5.83. The van der Waals surface area contributed by atoms with Crippen LogP contribution in [0.3, 0.4) is 0 Å². The number of amides is 1. The van der Waals surface area contributed by atoms with E-state index in [9.17, 15) is 14.4 Å². The normalized spacial score (nSPS) is 13.1. The van der Waals surface area contributed by atoms with E-state index in [0.717, 1.165) is 0 Å². The monoisotopic (exact) mass is 389 g/mol. The fraction of sp³-hybridized carbons (Fsp3) is 0.222. The highest BCUT2D eigenvalue weighted by Gasteiger charge is 2.18. The zero-order valence-corrected chi connectivity index (χ0v) is 15.4. The number of rotatable bonds is 5. The van der Waals surface area contributed by atoms with Crippen LogP contribution in [-0.4, -0.2) is 40.7 Å². The van der Waals surface area contributed by atoms with E-state index in [-0.39, 0.29) is 12.5 Å². The number of benzene rings is 1. The van der Waals surface area contributed by atoms with Crippen molar-refractivity contribution < 1.29 is 23.9 Å². The number of nitrogens with zero attached hydrogens (tertiary/aromatic N) is 2. The molecule has 8 nitrogen and oxygen atoms in total. The molecule has 9 heteroatoms. The summed E-state index contributed by atoms with van der Waals surface area (Å²) in [4.78, 5) is 35.4. The van der Waals surface area contributed by atoms with Gasteiger partial charge in [-0.3, -0.25) is 14.3 Å². The minimum atomic E-state index is -0.683. The maximum Gasteiger partial charge on any atom is 0.331 e. The van der Waals surface area contributed by atoms with Gasteiger partial charge in [0.2, 0.25) is 0 Å². The summed E-state index contributed by atoms with van der Waals surface area (Å²) in [5.74, 6) is -0.907. The Morgan fingerprint density at radius 2 is 2.22 bits per heavy atom. The van der Waals surface area contributed by atoms with Crippen molar-refractivity contribution in [2.75, 3.05) is 18.5 Å². The molecule has 1 aliphatic rings. The Labute approximate surface area is 159 Å². The molecule has 0 fully saturated rings. The fourth-order valence-electron chi connectivity index (χ4n) is 2.51. The minimum absolute atomic E-state index is 0.0648. The topological polar surface area (TPSA) is 99.5 Å². The summed E-state index contributed by atoms with van der Waals surface area (Å²) >= 11 is 6.08. The van der Waals surface area contributed by atoms with Gasteiger partial charge in [-0.2, -0.15) is 5.10 Å². The number of esters is 1. The summed E-state index contributed by atoms with van der Waals surface area (Å²) in [6.07, 6.45) is 2.67. The van der Waals surface area contributed by atoms with Crippen molar-refractivity contribution in [3.63, 3.8) is 0 Å². The van der Waals surface area contributed by atoms with Gasteiger partial charge in [-0.25, -0.2) is 4.79 Å². The van der Waals surface area contributed by atoms with E-state index in [2.05, 4.69) is 10.4 Å². The summed E-state index contributed by atoms with van der Waals surface area (Å²) in [7, 11) is 1.69. The van der Waals surface area contributed by atoms with E-state index in [1.165, 1.54) is 22.9 Å². The Bertz CT molecular complexity index is 964. The average molecular weight is 390 g/mol. The molecule has 1 aromatic carbocycles. The largest absolute Gasteiger partial charge is 0.482 e. The second kappa shape index (κ2) is 7.63. The van der Waals surface area contributed by atoms with Crippen molar-refractivity contribution >= 4 is 41.0 Å². The molecule has 0 unspecified atom stereocenters. The Morgan fingerprint density at radius 1 is 1.44 bits per heavy atom. The summed E-state index contributed by atoms with van der Waals surface area (Å²) in [6, 6.07) is 4.61. The lowest BCUT2D eigenvalue weighted by Crippen LogP contribution is -2.25.